The summed E-state index contributed by atoms with van der Waals surface area (Å²) in [6.45, 7) is 8.33. The number of hydrogen-bond acceptors (Lipinski definition) is 2. The molecule has 1 aromatic carbocycles. The fourth-order valence-electron chi connectivity index (χ4n) is 1.58. The highest BCUT2D eigenvalue weighted by molar-refractivity contribution is 7.78. The minimum Gasteiger partial charge on any atom is -0.222 e. The van der Waals surface area contributed by atoms with Crippen molar-refractivity contribution in [3.8, 4) is 0 Å². The summed E-state index contributed by atoms with van der Waals surface area (Å²) in [7, 11) is 0. The minimum atomic E-state index is -0.289. The van der Waals surface area contributed by atoms with Gasteiger partial charge in [-0.1, -0.05) is 35.9 Å². The van der Waals surface area contributed by atoms with Gasteiger partial charge in [0.2, 0.25) is 0 Å². The van der Waals surface area contributed by atoms with Gasteiger partial charge in [-0.3, -0.25) is 0 Å². The topological polar surface area (TPSA) is 12.4 Å². The molecule has 1 nitrogen and oxygen atoms in total. The molecule has 0 bridgehead atoms. The van der Waals surface area contributed by atoms with Crippen molar-refractivity contribution in [3.05, 3.63) is 47.0 Å². The summed E-state index contributed by atoms with van der Waals surface area (Å²) in [6.07, 6.45) is 3.20. The molecule has 90 valence electrons. The molecule has 0 aliphatic carbocycles. The van der Waals surface area contributed by atoms with Crippen molar-refractivity contribution >= 4 is 17.4 Å². The molecule has 0 aliphatic heterocycles. The van der Waals surface area contributed by atoms with E-state index in [1.165, 1.54) is 16.7 Å². The van der Waals surface area contributed by atoms with Gasteiger partial charge in [-0.25, -0.2) is 4.99 Å². The minimum absolute atomic E-state index is 0.289. The molecular formula is C15H19NS. The molecule has 0 amide bonds. The smallest absolute Gasteiger partial charge is 0.0903 e. The van der Waals surface area contributed by atoms with E-state index < -0.39 is 0 Å². The monoisotopic (exact) mass is 245 g/mol. The summed E-state index contributed by atoms with van der Waals surface area (Å²) in [5.74, 6) is 0. The van der Waals surface area contributed by atoms with Gasteiger partial charge in [0.15, 0.2) is 0 Å². The predicted molar refractivity (Wildman–Crippen MR) is 77.6 cm³/mol. The molecule has 0 aromatic heterocycles. The van der Waals surface area contributed by atoms with Crippen molar-refractivity contribution in [1.82, 2.24) is 0 Å². The van der Waals surface area contributed by atoms with Crippen molar-refractivity contribution in [1.29, 1.82) is 0 Å². The maximum absolute atomic E-state index is 4.69. The molecule has 0 saturated heterocycles. The summed E-state index contributed by atoms with van der Waals surface area (Å²) in [4.78, 5) is 4.21. The predicted octanol–water partition coefficient (Wildman–Crippen LogP) is 4.53. The molecule has 0 fully saturated rings. The fourth-order valence-corrected chi connectivity index (χ4v) is 1.81. The van der Waals surface area contributed by atoms with E-state index in [0.717, 1.165) is 6.42 Å². The molecular weight excluding hydrogens is 226 g/mol. The van der Waals surface area contributed by atoms with Gasteiger partial charge < -0.3 is 0 Å². The van der Waals surface area contributed by atoms with Gasteiger partial charge in [0.25, 0.3) is 0 Å². The first-order chi connectivity index (χ1) is 7.95. The lowest BCUT2D eigenvalue weighted by Gasteiger charge is -2.19. The first kappa shape index (κ1) is 13.8. The summed E-state index contributed by atoms with van der Waals surface area (Å²) >= 11 is 4.69. The van der Waals surface area contributed by atoms with Crippen LogP contribution >= 0.6 is 12.2 Å². The highest BCUT2D eigenvalue weighted by Crippen LogP contribution is 2.25. The Bertz CT molecular complexity index is 462. The lowest BCUT2D eigenvalue weighted by molar-refractivity contribution is 0.562. The van der Waals surface area contributed by atoms with Crippen LogP contribution in [0.4, 0.5) is 0 Å². The molecule has 17 heavy (non-hydrogen) atoms. The van der Waals surface area contributed by atoms with E-state index in [9.17, 15) is 0 Å². The average molecular weight is 245 g/mol. The van der Waals surface area contributed by atoms with Crippen LogP contribution in [0.1, 0.15) is 38.8 Å². The highest BCUT2D eigenvalue weighted by Gasteiger charge is 2.18. The Balaban J connectivity index is 3.01. The molecule has 1 rings (SSSR count). The molecule has 0 spiro atoms. The van der Waals surface area contributed by atoms with Crippen LogP contribution in [-0.4, -0.2) is 5.16 Å². The summed E-state index contributed by atoms with van der Waals surface area (Å²) in [6, 6.07) is 8.49. The number of isothiocyanates is 1. The molecule has 0 N–H and O–H groups in total. The van der Waals surface area contributed by atoms with Crippen LogP contribution in [0.5, 0.6) is 0 Å². The van der Waals surface area contributed by atoms with Crippen LogP contribution in [0.3, 0.4) is 0 Å². The van der Waals surface area contributed by atoms with Crippen LogP contribution in [0.2, 0.25) is 0 Å². The molecule has 0 unspecified atom stereocenters. The Morgan fingerprint density at radius 2 is 2.12 bits per heavy atom. The first-order valence-electron chi connectivity index (χ1n) is 5.77. The molecule has 0 saturated carbocycles. The highest BCUT2D eigenvalue weighted by atomic mass is 32.1. The van der Waals surface area contributed by atoms with Crippen LogP contribution in [-0.2, 0) is 12.0 Å². The first-order valence-corrected chi connectivity index (χ1v) is 6.18. The average Bonchev–Trinajstić information content (AvgIpc) is 2.27. The Morgan fingerprint density at radius 3 is 2.71 bits per heavy atom. The maximum Gasteiger partial charge on any atom is 0.0903 e. The van der Waals surface area contributed by atoms with E-state index in [1.54, 1.807) is 0 Å². The van der Waals surface area contributed by atoms with Gasteiger partial charge in [0.1, 0.15) is 0 Å². The Labute approximate surface area is 109 Å². The Hall–Kier alpha value is -1.24. The zero-order chi connectivity index (χ0) is 12.9. The van der Waals surface area contributed by atoms with Crippen molar-refractivity contribution in [2.24, 2.45) is 4.99 Å². The Kier molecular flexibility index (Phi) is 4.80. The number of aliphatic imine (C=N–C) groups is 1. The summed E-state index contributed by atoms with van der Waals surface area (Å²) in [5.41, 5.74) is 3.53. The van der Waals surface area contributed by atoms with Gasteiger partial charge >= 0.3 is 0 Å². The van der Waals surface area contributed by atoms with Gasteiger partial charge in [0, 0.05) is 0 Å². The quantitative estimate of drug-likeness (QED) is 0.431. The number of benzene rings is 1. The standard InChI is InChI=1S/C15H19NS/c1-12(2)8-9-13-6-5-7-14(10-13)15(3,4)16-11-17/h5-8,10H,9H2,1-4H3. The largest absolute Gasteiger partial charge is 0.222 e. The third-order valence-corrected chi connectivity index (χ3v) is 2.80. The van der Waals surface area contributed by atoms with Gasteiger partial charge in [0.05, 0.1) is 10.7 Å². The maximum atomic E-state index is 4.69. The van der Waals surface area contributed by atoms with E-state index >= 15 is 0 Å². The second kappa shape index (κ2) is 5.90. The lowest BCUT2D eigenvalue weighted by atomic mass is 9.93. The fraction of sp³-hybridized carbons (Fsp3) is 0.400. The number of rotatable bonds is 4. The normalized spacial score (nSPS) is 10.6. The molecule has 0 atom stereocenters. The number of thiocarbonyl (C=S) groups is 1. The second-order valence-corrected chi connectivity index (χ2v) is 5.13. The molecule has 0 aliphatic rings. The van der Waals surface area contributed by atoms with E-state index in [1.807, 2.05) is 13.8 Å². The third-order valence-electron chi connectivity index (χ3n) is 2.70. The third kappa shape index (κ3) is 4.26. The van der Waals surface area contributed by atoms with Crippen molar-refractivity contribution < 1.29 is 0 Å². The van der Waals surface area contributed by atoms with Gasteiger partial charge in [-0.15, -0.1) is 0 Å². The van der Waals surface area contributed by atoms with E-state index in [2.05, 4.69) is 54.3 Å². The van der Waals surface area contributed by atoms with E-state index in [0.29, 0.717) is 0 Å². The molecule has 0 heterocycles. The molecule has 0 radical (unpaired) electrons. The Morgan fingerprint density at radius 1 is 1.41 bits per heavy atom. The number of nitrogens with zero attached hydrogens (tertiary/aromatic N) is 1. The number of allylic oxidation sites excluding steroid dienone is 2. The number of hydrogen-bond donors (Lipinski definition) is 0. The van der Waals surface area contributed by atoms with E-state index in [4.69, 9.17) is 12.2 Å². The summed E-state index contributed by atoms with van der Waals surface area (Å²) < 4.78 is 0. The van der Waals surface area contributed by atoms with Crippen molar-refractivity contribution in [3.63, 3.8) is 0 Å². The SMILES string of the molecule is CC(C)=CCc1cccc(C(C)(C)N=C=S)c1. The van der Waals surface area contributed by atoms with Gasteiger partial charge in [-0.05, 0) is 57.5 Å². The molecule has 2 heteroatoms. The van der Waals surface area contributed by atoms with Crippen molar-refractivity contribution in [2.45, 2.75) is 39.7 Å². The van der Waals surface area contributed by atoms with Crippen molar-refractivity contribution in [2.75, 3.05) is 0 Å². The van der Waals surface area contributed by atoms with Crippen LogP contribution < -0.4 is 0 Å². The summed E-state index contributed by atoms with van der Waals surface area (Å²) in [5, 5.41) is 2.47. The zero-order valence-corrected chi connectivity index (χ0v) is 11.8. The lowest BCUT2D eigenvalue weighted by Crippen LogP contribution is -2.13. The van der Waals surface area contributed by atoms with Crippen LogP contribution in [0.25, 0.3) is 0 Å². The van der Waals surface area contributed by atoms with Gasteiger partial charge in [-0.2, -0.15) is 0 Å². The zero-order valence-electron chi connectivity index (χ0n) is 10.9. The molecule has 1 aromatic rings. The van der Waals surface area contributed by atoms with Crippen LogP contribution in [0.15, 0.2) is 40.9 Å². The second-order valence-electron chi connectivity index (χ2n) is 4.95. The van der Waals surface area contributed by atoms with Crippen LogP contribution in [0, 0.1) is 0 Å². The van der Waals surface area contributed by atoms with E-state index in [-0.39, 0.29) is 5.54 Å².